The first-order valence-corrected chi connectivity index (χ1v) is 11.0. The maximum Gasteiger partial charge on any atom is 0.261 e. The Morgan fingerprint density at radius 3 is 2.53 bits per heavy atom. The molecule has 0 radical (unpaired) electrons. The number of hydrogen-bond donors (Lipinski definition) is 0. The number of fused-ring (bicyclic) bond motifs is 1. The first-order valence-electron chi connectivity index (χ1n) is 10.5. The Hall–Kier alpha value is -2.66. The summed E-state index contributed by atoms with van der Waals surface area (Å²) in [7, 11) is 0. The second-order valence-electron chi connectivity index (χ2n) is 7.42. The van der Waals surface area contributed by atoms with E-state index >= 15 is 0 Å². The molecule has 1 heterocycles. The van der Waals surface area contributed by atoms with Crippen LogP contribution in [0.25, 0.3) is 10.9 Å². The lowest BCUT2D eigenvalue weighted by molar-refractivity contribution is -0.133. The second kappa shape index (κ2) is 10.4. The predicted molar refractivity (Wildman–Crippen MR) is 122 cm³/mol. The van der Waals surface area contributed by atoms with Crippen LogP contribution in [0.5, 0.6) is 0 Å². The molecule has 2 aromatic carbocycles. The van der Waals surface area contributed by atoms with Gasteiger partial charge in [0.25, 0.3) is 5.56 Å². The summed E-state index contributed by atoms with van der Waals surface area (Å²) in [5, 5.41) is 0.583. The number of alkyl halides is 1. The van der Waals surface area contributed by atoms with Crippen molar-refractivity contribution in [3.63, 3.8) is 0 Å². The summed E-state index contributed by atoms with van der Waals surface area (Å²) in [6.45, 7) is 5.01. The number of carbonyl (C=O) groups is 1. The van der Waals surface area contributed by atoms with Crippen molar-refractivity contribution in [2.24, 2.45) is 0 Å². The van der Waals surface area contributed by atoms with E-state index in [1.165, 1.54) is 0 Å². The topological polar surface area (TPSA) is 55.2 Å². The molecule has 5 nitrogen and oxygen atoms in total. The molecule has 0 aliphatic rings. The maximum atomic E-state index is 13.4. The average Bonchev–Trinajstić information content (AvgIpc) is 2.78. The van der Waals surface area contributed by atoms with E-state index < -0.39 is 0 Å². The van der Waals surface area contributed by atoms with Crippen LogP contribution in [0.4, 0.5) is 0 Å². The molecule has 0 N–H and O–H groups in total. The normalized spacial score (nSPS) is 12.1. The molecule has 158 valence electrons. The van der Waals surface area contributed by atoms with Gasteiger partial charge in [0, 0.05) is 18.8 Å². The monoisotopic (exact) mass is 425 g/mol. The van der Waals surface area contributed by atoms with Gasteiger partial charge >= 0.3 is 0 Å². The van der Waals surface area contributed by atoms with Crippen LogP contribution in [-0.2, 0) is 11.3 Å². The SMILES string of the molecule is CCCN(C(=O)CCCCl)C(C)c1nc2ccccc2c(=O)n1Cc1ccccc1. The molecular formula is C24H28ClN3O2. The summed E-state index contributed by atoms with van der Waals surface area (Å²) >= 11 is 5.80. The van der Waals surface area contributed by atoms with Gasteiger partial charge in [-0.25, -0.2) is 4.98 Å². The van der Waals surface area contributed by atoms with E-state index in [4.69, 9.17) is 16.6 Å². The van der Waals surface area contributed by atoms with Crippen LogP contribution in [0.1, 0.15) is 50.5 Å². The summed E-state index contributed by atoms with van der Waals surface area (Å²) in [6, 6.07) is 16.9. The van der Waals surface area contributed by atoms with Gasteiger partial charge in [-0.15, -0.1) is 11.6 Å². The molecule has 0 saturated carbocycles. The lowest BCUT2D eigenvalue weighted by atomic mass is 10.1. The van der Waals surface area contributed by atoms with Gasteiger partial charge in [0.1, 0.15) is 5.82 Å². The Morgan fingerprint density at radius 2 is 1.83 bits per heavy atom. The van der Waals surface area contributed by atoms with Crippen LogP contribution in [0.3, 0.4) is 0 Å². The van der Waals surface area contributed by atoms with Crippen molar-refractivity contribution in [3.05, 3.63) is 76.3 Å². The third-order valence-electron chi connectivity index (χ3n) is 5.22. The van der Waals surface area contributed by atoms with Crippen molar-refractivity contribution in [1.82, 2.24) is 14.5 Å². The lowest BCUT2D eigenvalue weighted by Crippen LogP contribution is -2.38. The molecule has 30 heavy (non-hydrogen) atoms. The highest BCUT2D eigenvalue weighted by Crippen LogP contribution is 2.22. The third-order valence-corrected chi connectivity index (χ3v) is 5.49. The molecule has 3 rings (SSSR count). The van der Waals surface area contributed by atoms with Crippen molar-refractivity contribution in [2.45, 2.75) is 45.7 Å². The van der Waals surface area contributed by atoms with Crippen LogP contribution in [0.15, 0.2) is 59.4 Å². The molecule has 1 aromatic heterocycles. The predicted octanol–water partition coefficient (Wildman–Crippen LogP) is 4.76. The van der Waals surface area contributed by atoms with Crippen molar-refractivity contribution in [2.75, 3.05) is 12.4 Å². The summed E-state index contributed by atoms with van der Waals surface area (Å²) in [5.74, 6) is 1.10. The van der Waals surface area contributed by atoms with Crippen LogP contribution < -0.4 is 5.56 Å². The van der Waals surface area contributed by atoms with Crippen molar-refractivity contribution in [1.29, 1.82) is 0 Å². The molecule has 0 bridgehead atoms. The number of aromatic nitrogens is 2. The first-order chi connectivity index (χ1) is 14.6. The Bertz CT molecular complexity index is 1050. The van der Waals surface area contributed by atoms with E-state index in [0.717, 1.165) is 12.0 Å². The standard InChI is InChI=1S/C24H28ClN3O2/c1-3-16-27(22(29)14-9-15-25)18(2)23-26-21-13-8-7-12-20(21)24(30)28(23)17-19-10-5-4-6-11-19/h4-8,10-13,18H,3,9,14-17H2,1-2H3. The van der Waals surface area contributed by atoms with Gasteiger partial charge < -0.3 is 4.90 Å². The second-order valence-corrected chi connectivity index (χ2v) is 7.80. The minimum absolute atomic E-state index is 0.0404. The van der Waals surface area contributed by atoms with Crippen molar-refractivity contribution in [3.8, 4) is 0 Å². The summed E-state index contributed by atoms with van der Waals surface area (Å²) in [4.78, 5) is 32.9. The van der Waals surface area contributed by atoms with E-state index in [-0.39, 0.29) is 17.5 Å². The lowest BCUT2D eigenvalue weighted by Gasteiger charge is -2.30. The summed E-state index contributed by atoms with van der Waals surface area (Å²) in [6.07, 6.45) is 1.85. The van der Waals surface area contributed by atoms with E-state index in [0.29, 0.717) is 48.5 Å². The zero-order valence-electron chi connectivity index (χ0n) is 17.6. The fraction of sp³-hybridized carbons (Fsp3) is 0.375. The number of para-hydroxylation sites is 1. The molecule has 0 spiro atoms. The molecule has 1 atom stereocenters. The van der Waals surface area contributed by atoms with E-state index in [9.17, 15) is 9.59 Å². The molecule has 0 fully saturated rings. The van der Waals surface area contributed by atoms with Gasteiger partial charge in [0.05, 0.1) is 23.5 Å². The van der Waals surface area contributed by atoms with Gasteiger partial charge in [-0.05, 0) is 37.5 Å². The number of nitrogens with zero attached hydrogens (tertiary/aromatic N) is 3. The first kappa shape index (κ1) is 22.0. The molecule has 3 aromatic rings. The smallest absolute Gasteiger partial charge is 0.261 e. The minimum atomic E-state index is -0.325. The zero-order valence-corrected chi connectivity index (χ0v) is 18.3. The van der Waals surface area contributed by atoms with Gasteiger partial charge in [-0.3, -0.25) is 14.2 Å². The zero-order chi connectivity index (χ0) is 21.5. The highest BCUT2D eigenvalue weighted by Gasteiger charge is 2.25. The number of rotatable bonds is 9. The van der Waals surface area contributed by atoms with E-state index in [1.807, 2.05) is 67.3 Å². The van der Waals surface area contributed by atoms with Crippen LogP contribution in [-0.4, -0.2) is 32.8 Å². The van der Waals surface area contributed by atoms with Crippen LogP contribution in [0, 0.1) is 0 Å². The number of benzene rings is 2. The Kier molecular flexibility index (Phi) is 7.63. The molecule has 0 saturated heterocycles. The fourth-order valence-electron chi connectivity index (χ4n) is 3.70. The molecular weight excluding hydrogens is 398 g/mol. The fourth-order valence-corrected chi connectivity index (χ4v) is 3.83. The summed E-state index contributed by atoms with van der Waals surface area (Å²) in [5.41, 5.74) is 1.58. The molecule has 0 aliphatic heterocycles. The molecule has 1 unspecified atom stereocenters. The third kappa shape index (κ3) is 4.90. The van der Waals surface area contributed by atoms with E-state index in [1.54, 1.807) is 10.6 Å². The Labute approximate surface area is 182 Å². The molecule has 0 aliphatic carbocycles. The van der Waals surface area contributed by atoms with Crippen molar-refractivity contribution < 1.29 is 4.79 Å². The number of hydrogen-bond acceptors (Lipinski definition) is 3. The van der Waals surface area contributed by atoms with Gasteiger partial charge in [0.15, 0.2) is 0 Å². The average molecular weight is 426 g/mol. The van der Waals surface area contributed by atoms with Gasteiger partial charge in [-0.1, -0.05) is 49.4 Å². The van der Waals surface area contributed by atoms with E-state index in [2.05, 4.69) is 0 Å². The number of amides is 1. The minimum Gasteiger partial charge on any atom is -0.333 e. The van der Waals surface area contributed by atoms with Gasteiger partial charge in [-0.2, -0.15) is 0 Å². The van der Waals surface area contributed by atoms with Crippen LogP contribution >= 0.6 is 11.6 Å². The number of carbonyl (C=O) groups excluding carboxylic acids is 1. The quantitative estimate of drug-likeness (QED) is 0.464. The van der Waals surface area contributed by atoms with Crippen LogP contribution in [0.2, 0.25) is 0 Å². The van der Waals surface area contributed by atoms with Crippen molar-refractivity contribution >= 4 is 28.4 Å². The largest absolute Gasteiger partial charge is 0.333 e. The Morgan fingerprint density at radius 1 is 1.13 bits per heavy atom. The number of halogens is 1. The highest BCUT2D eigenvalue weighted by molar-refractivity contribution is 6.17. The maximum absolute atomic E-state index is 13.4. The van der Waals surface area contributed by atoms with Gasteiger partial charge in [0.2, 0.25) is 5.91 Å². The summed E-state index contributed by atoms with van der Waals surface area (Å²) < 4.78 is 1.71. The molecule has 6 heteroatoms. The highest BCUT2D eigenvalue weighted by atomic mass is 35.5. The molecule has 1 amide bonds. The Balaban J connectivity index is 2.10.